The molecule has 2 saturated heterocycles. The van der Waals surface area contributed by atoms with Crippen LogP contribution in [0.15, 0.2) is 59.4 Å². The van der Waals surface area contributed by atoms with E-state index < -0.39 is 70.4 Å². The number of hydrazone groups is 1. The first-order valence-electron chi connectivity index (χ1n) is 24.6. The van der Waals surface area contributed by atoms with Crippen molar-refractivity contribution in [2.24, 2.45) is 11.0 Å². The number of nitrogens with zero attached hydrogens (tertiary/aromatic N) is 4. The molecule has 3 aliphatic rings. The molecule has 0 spiro atoms. The minimum atomic E-state index is -1.87. The van der Waals surface area contributed by atoms with Gasteiger partial charge in [0.1, 0.15) is 40.7 Å². The highest BCUT2D eigenvalue weighted by Crippen LogP contribution is 2.49. The van der Waals surface area contributed by atoms with Crippen LogP contribution >= 0.6 is 33.2 Å². The number of likely N-dealkylation sites (N-methyl/N-ethyl adjacent to an activating group) is 1. The Morgan fingerprint density at radius 3 is 2.56 bits per heavy atom. The van der Waals surface area contributed by atoms with Crippen LogP contribution in [0.2, 0.25) is 5.02 Å². The standard InChI is InChI=1S/C52H72ClN7O13S2/c1-30-15-13-16-39(69-12)52(67)27-38(71-49(66)56-52)31(2)47-51(7,73-47)40(26-45(64)60(10)36-24-34(23-30)25-37(68-11)46(36)53)72-48(65)33(4)59(9)44(63)20-22-74-75-50(5,6)28-42(62)58-57-32(3)35-18-19-43(55-29-35)70-21-14-17-41(61)54-8/h13,15-16,18-19,24-25,29,31,33,38-40,47,67H,14,17,20-23,26-28H2,1-12H3,(H,54,61)(H,56,66)(H,58,62)/b16-13+,30-15+,57-32+/t31-,33+,38+,39-,40+,47+,51+,52+/m1/s1. The molecule has 2 fully saturated rings. The number of fused-ring (bicyclic) bond motifs is 5. The summed E-state index contributed by atoms with van der Waals surface area (Å²) in [4.78, 5) is 86.3. The minimum absolute atomic E-state index is 0.0600. The van der Waals surface area contributed by atoms with Crippen LogP contribution in [0.25, 0.3) is 0 Å². The maximum atomic E-state index is 14.4. The van der Waals surface area contributed by atoms with Gasteiger partial charge < -0.3 is 48.6 Å². The van der Waals surface area contributed by atoms with Crippen LogP contribution in [0, 0.1) is 5.92 Å². The molecule has 20 nitrogen and oxygen atoms in total. The van der Waals surface area contributed by atoms with E-state index in [1.54, 1.807) is 77.5 Å². The van der Waals surface area contributed by atoms with Crippen molar-refractivity contribution in [1.82, 2.24) is 25.9 Å². The van der Waals surface area contributed by atoms with Gasteiger partial charge in [0.05, 0.1) is 37.6 Å². The molecule has 412 valence electrons. The Labute approximate surface area is 452 Å². The van der Waals surface area contributed by atoms with E-state index in [1.165, 1.54) is 59.6 Å². The summed E-state index contributed by atoms with van der Waals surface area (Å²) in [6, 6.07) is 5.95. The number of carbonyl (C=O) groups excluding carboxylic acids is 6. The van der Waals surface area contributed by atoms with Crippen LogP contribution in [-0.4, -0.2) is 151 Å². The number of pyridine rings is 1. The van der Waals surface area contributed by atoms with Gasteiger partial charge in [-0.15, -0.1) is 0 Å². The molecule has 4 bridgehead atoms. The first kappa shape index (κ1) is 60.5. The Morgan fingerprint density at radius 1 is 1.16 bits per heavy atom. The molecule has 3 aliphatic heterocycles. The van der Waals surface area contributed by atoms with Crippen molar-refractivity contribution in [2.45, 2.75) is 140 Å². The van der Waals surface area contributed by atoms with Gasteiger partial charge in [0.2, 0.25) is 29.5 Å². The summed E-state index contributed by atoms with van der Waals surface area (Å²) in [6.07, 6.45) is 3.25. The number of hydrogen-bond donors (Lipinski definition) is 4. The molecule has 0 aliphatic carbocycles. The smallest absolute Gasteiger partial charge is 0.409 e. The first-order valence-corrected chi connectivity index (χ1v) is 27.3. The summed E-state index contributed by atoms with van der Waals surface area (Å²) in [5, 5.41) is 21.4. The fourth-order valence-electron chi connectivity index (χ4n) is 8.61. The number of esters is 1. The number of amides is 5. The quantitative estimate of drug-likeness (QED) is 0.0301. The number of rotatable bonds is 19. The molecule has 5 amide bonds. The van der Waals surface area contributed by atoms with E-state index in [1.807, 2.05) is 26.8 Å². The number of methoxy groups -OCH3 is 2. The lowest BCUT2D eigenvalue weighted by molar-refractivity contribution is -0.162. The average Bonchev–Trinajstić information content (AvgIpc) is 4.07. The molecule has 0 radical (unpaired) electrons. The number of halogens is 1. The summed E-state index contributed by atoms with van der Waals surface area (Å²) in [5.74, 6) is -1.40. The van der Waals surface area contributed by atoms with Crippen molar-refractivity contribution in [3.05, 3.63) is 70.4 Å². The van der Waals surface area contributed by atoms with Crippen LogP contribution in [0.4, 0.5) is 10.5 Å². The van der Waals surface area contributed by atoms with Gasteiger partial charge in [-0.2, -0.15) is 5.10 Å². The Hall–Kier alpha value is -5.39. The summed E-state index contributed by atoms with van der Waals surface area (Å²) in [6.45, 7) is 12.8. The van der Waals surface area contributed by atoms with E-state index in [2.05, 4.69) is 26.1 Å². The maximum Gasteiger partial charge on any atom is 0.409 e. The molecule has 0 unspecified atom stereocenters. The van der Waals surface area contributed by atoms with Crippen LogP contribution in [-0.2, 0) is 49.3 Å². The minimum Gasteiger partial charge on any atom is -0.495 e. The number of carbonyl (C=O) groups is 6. The Bertz CT molecular complexity index is 2500. The predicted molar refractivity (Wildman–Crippen MR) is 288 cm³/mol. The molecule has 5 rings (SSSR count). The van der Waals surface area contributed by atoms with Crippen LogP contribution in [0.3, 0.4) is 0 Å². The topological polar surface area (TPSA) is 249 Å². The van der Waals surface area contributed by atoms with E-state index >= 15 is 0 Å². The fourth-order valence-corrected chi connectivity index (χ4v) is 11.4. The first-order chi connectivity index (χ1) is 35.3. The van der Waals surface area contributed by atoms with Gasteiger partial charge in [0.25, 0.3) is 0 Å². The lowest BCUT2D eigenvalue weighted by atomic mass is 9.83. The highest BCUT2D eigenvalue weighted by Gasteiger charge is 2.64. The van der Waals surface area contributed by atoms with Gasteiger partial charge in [0, 0.05) is 88.2 Å². The van der Waals surface area contributed by atoms with Crippen molar-refractivity contribution in [3.63, 3.8) is 0 Å². The zero-order valence-corrected chi connectivity index (χ0v) is 47.2. The number of anilines is 1. The number of ether oxygens (including phenoxy) is 6. The molecule has 1 aromatic heterocycles. The van der Waals surface area contributed by atoms with Crippen LogP contribution in [0.5, 0.6) is 11.6 Å². The second-order valence-corrected chi connectivity index (χ2v) is 23.2. The molecular weight excluding hydrogens is 1030 g/mol. The van der Waals surface area contributed by atoms with Gasteiger partial charge in [-0.05, 0) is 78.1 Å². The number of benzene rings is 1. The Balaban J connectivity index is 1.22. The molecule has 23 heteroatoms. The van der Waals surface area contributed by atoms with Crippen molar-refractivity contribution in [3.8, 4) is 11.6 Å². The lowest BCUT2D eigenvalue weighted by Gasteiger charge is -2.42. The molecule has 0 saturated carbocycles. The SMILES string of the molecule is CNC(=O)CCCOc1ccc(/C(C)=N/NC(=O)CC(C)(C)SSCCC(=O)N(C)[C@@H](C)C(=O)O[C@H]2CC(=O)N(C)c3cc(cc(OC)c3Cl)C/C(C)=C/C=C/[C@@H](OC)[C@@]3(O)C[C@H](OC(=O)N3)[C@@H](C)[C@@H]3O[C@@]23C)cn1. The van der Waals surface area contributed by atoms with Crippen molar-refractivity contribution < 1.29 is 62.3 Å². The summed E-state index contributed by atoms with van der Waals surface area (Å²) < 4.78 is 34.6. The third-order valence-electron chi connectivity index (χ3n) is 13.4. The highest BCUT2D eigenvalue weighted by atomic mass is 35.5. The number of alkyl carbamates (subject to hydrolysis) is 1. The third-order valence-corrected chi connectivity index (χ3v) is 17.0. The normalized spacial score (nSPS) is 25.7. The van der Waals surface area contributed by atoms with Gasteiger partial charge in [-0.1, -0.05) is 63.9 Å². The fraction of sp³-hybridized carbons (Fsp3) is 0.577. The largest absolute Gasteiger partial charge is 0.495 e. The van der Waals surface area contributed by atoms with Crippen molar-refractivity contribution in [1.29, 1.82) is 0 Å². The summed E-state index contributed by atoms with van der Waals surface area (Å²) >= 11 is 6.83. The van der Waals surface area contributed by atoms with Crippen molar-refractivity contribution >= 4 is 80.3 Å². The zero-order chi connectivity index (χ0) is 55.4. The zero-order valence-electron chi connectivity index (χ0n) is 44.8. The molecule has 4 heterocycles. The number of nitrogens with one attached hydrogen (secondary N) is 3. The van der Waals surface area contributed by atoms with Gasteiger partial charge >= 0.3 is 12.1 Å². The number of allylic oxidation sites excluding steroid dienone is 3. The summed E-state index contributed by atoms with van der Waals surface area (Å²) in [7, 11) is 10.4. The second kappa shape index (κ2) is 26.6. The molecule has 4 N–H and O–H groups in total. The summed E-state index contributed by atoms with van der Waals surface area (Å²) in [5.41, 5.74) is 2.74. The van der Waals surface area contributed by atoms with Crippen LogP contribution in [0.1, 0.15) is 98.1 Å². The number of aliphatic hydroxyl groups is 1. The van der Waals surface area contributed by atoms with E-state index in [9.17, 15) is 33.9 Å². The molecule has 2 aromatic rings. The van der Waals surface area contributed by atoms with E-state index in [0.717, 1.165) is 11.1 Å². The van der Waals surface area contributed by atoms with E-state index in [4.69, 9.17) is 40.0 Å². The monoisotopic (exact) mass is 1100 g/mol. The molecule has 8 atom stereocenters. The molecule has 1 aromatic carbocycles. The van der Waals surface area contributed by atoms with Crippen LogP contribution < -0.4 is 30.4 Å². The maximum absolute atomic E-state index is 14.4. The van der Waals surface area contributed by atoms with Gasteiger partial charge in [-0.3, -0.25) is 24.5 Å². The Morgan fingerprint density at radius 2 is 1.89 bits per heavy atom. The van der Waals surface area contributed by atoms with Gasteiger partial charge in [-0.25, -0.2) is 20.0 Å². The van der Waals surface area contributed by atoms with E-state index in [0.29, 0.717) is 60.2 Å². The molecule has 75 heavy (non-hydrogen) atoms. The lowest BCUT2D eigenvalue weighted by Crippen LogP contribution is -2.63. The molecular formula is C52H72ClN7O13S2. The number of epoxide rings is 1. The highest BCUT2D eigenvalue weighted by molar-refractivity contribution is 8.77. The third kappa shape index (κ3) is 16.3. The van der Waals surface area contributed by atoms with Gasteiger partial charge in [0.15, 0.2) is 5.72 Å². The van der Waals surface area contributed by atoms with E-state index in [-0.39, 0.29) is 48.4 Å². The van der Waals surface area contributed by atoms with Crippen molar-refractivity contribution in [2.75, 3.05) is 52.6 Å². The number of aromatic nitrogens is 1. The predicted octanol–water partition coefficient (Wildman–Crippen LogP) is 6.30. The Kier molecular flexibility index (Phi) is 21.4. The second-order valence-electron chi connectivity index (χ2n) is 19.7. The number of hydrogen-bond acceptors (Lipinski definition) is 17. The average molecular weight is 1100 g/mol.